The SMILES string of the molecule is CC(C)(C#N)c1nnc(-c2ccc3c(c2)N(Cc2ccc(-c4ccnc(C(F)(F)F)c4)cc2)C(=O)[C@@H](N)CS3(=O)=O)o1. The summed E-state index contributed by atoms with van der Waals surface area (Å²) in [6, 6.07) is 13.8. The number of nitrogens with zero attached hydrogens (tertiary/aromatic N) is 5. The number of carbonyl (C=O) groups excluding carboxylic acids is 1. The first-order valence-electron chi connectivity index (χ1n) is 12.5. The number of anilines is 1. The summed E-state index contributed by atoms with van der Waals surface area (Å²) in [5.41, 5.74) is 5.65. The molecule has 0 fully saturated rings. The summed E-state index contributed by atoms with van der Waals surface area (Å²) in [7, 11) is -3.96. The first-order valence-corrected chi connectivity index (χ1v) is 14.2. The fourth-order valence-corrected chi connectivity index (χ4v) is 5.95. The van der Waals surface area contributed by atoms with Crippen molar-refractivity contribution in [3.63, 3.8) is 0 Å². The normalized spacial score (nSPS) is 16.9. The second-order valence-electron chi connectivity index (χ2n) is 10.3. The van der Waals surface area contributed by atoms with Crippen molar-refractivity contribution < 1.29 is 30.8 Å². The highest BCUT2D eigenvalue weighted by Gasteiger charge is 2.37. The molecule has 1 atom stereocenters. The standard InChI is InChI=1S/C28H23F3N6O4S/c1-27(2,15-32)26-36-35-24(41-26)19-7-8-22-21(11-19)37(25(38)20(33)14-42(22,39)40)13-16-3-5-17(6-4-16)18-9-10-34-23(12-18)28(29,30)31/h3-12,20H,13-14,33H2,1-2H3/t20-/m0/s1. The number of rotatable bonds is 5. The molecule has 4 aromatic rings. The van der Waals surface area contributed by atoms with Crippen LogP contribution in [-0.2, 0) is 32.8 Å². The van der Waals surface area contributed by atoms with Crippen LogP contribution in [0.3, 0.4) is 0 Å². The number of nitrogens with two attached hydrogens (primary N) is 1. The van der Waals surface area contributed by atoms with Crippen molar-refractivity contribution in [1.29, 1.82) is 5.26 Å². The average Bonchev–Trinajstić information content (AvgIpc) is 3.44. The number of hydrogen-bond donors (Lipinski definition) is 1. The number of benzene rings is 2. The van der Waals surface area contributed by atoms with Gasteiger partial charge in [0.15, 0.2) is 9.84 Å². The second-order valence-corrected chi connectivity index (χ2v) is 12.3. The van der Waals surface area contributed by atoms with E-state index in [0.29, 0.717) is 22.3 Å². The Morgan fingerprint density at radius 1 is 1.05 bits per heavy atom. The van der Waals surface area contributed by atoms with Crippen LogP contribution in [0, 0.1) is 11.3 Å². The van der Waals surface area contributed by atoms with Gasteiger partial charge in [0.05, 0.1) is 35.0 Å². The second kappa shape index (κ2) is 10.3. The lowest BCUT2D eigenvalue weighted by Gasteiger charge is -2.24. The van der Waals surface area contributed by atoms with Crippen LogP contribution in [0.4, 0.5) is 18.9 Å². The van der Waals surface area contributed by atoms with E-state index < -0.39 is 44.8 Å². The van der Waals surface area contributed by atoms with Gasteiger partial charge in [-0.25, -0.2) is 8.42 Å². The minimum Gasteiger partial charge on any atom is -0.419 e. The third kappa shape index (κ3) is 5.48. The number of fused-ring (bicyclic) bond motifs is 1. The number of halogens is 3. The van der Waals surface area contributed by atoms with Gasteiger partial charge in [0.1, 0.15) is 11.1 Å². The van der Waals surface area contributed by atoms with Gasteiger partial charge in [0, 0.05) is 11.8 Å². The highest BCUT2D eigenvalue weighted by molar-refractivity contribution is 7.91. The van der Waals surface area contributed by atoms with Crippen molar-refractivity contribution >= 4 is 21.4 Å². The summed E-state index contributed by atoms with van der Waals surface area (Å²) in [5.74, 6) is -1.15. The Bertz CT molecular complexity index is 1830. The van der Waals surface area contributed by atoms with Gasteiger partial charge in [-0.05, 0) is 60.9 Å². The third-order valence-corrected chi connectivity index (χ3v) is 8.54. The molecule has 42 heavy (non-hydrogen) atoms. The molecule has 0 saturated carbocycles. The zero-order valence-corrected chi connectivity index (χ0v) is 23.1. The van der Waals surface area contributed by atoms with E-state index in [0.717, 1.165) is 12.3 Å². The molecule has 0 bridgehead atoms. The van der Waals surface area contributed by atoms with Crippen LogP contribution in [0.15, 0.2) is 70.1 Å². The van der Waals surface area contributed by atoms with Crippen molar-refractivity contribution in [2.45, 2.75) is 42.9 Å². The van der Waals surface area contributed by atoms with E-state index in [2.05, 4.69) is 21.3 Å². The Morgan fingerprint density at radius 2 is 1.74 bits per heavy atom. The maximum Gasteiger partial charge on any atom is 0.433 e. The summed E-state index contributed by atoms with van der Waals surface area (Å²) in [4.78, 5) is 17.9. The van der Waals surface area contributed by atoms with Crippen LogP contribution in [-0.4, -0.2) is 41.3 Å². The smallest absolute Gasteiger partial charge is 0.419 e. The summed E-state index contributed by atoms with van der Waals surface area (Å²) in [6.45, 7) is 3.12. The van der Waals surface area contributed by atoms with Gasteiger partial charge in [-0.1, -0.05) is 24.3 Å². The molecule has 0 unspecified atom stereocenters. The van der Waals surface area contributed by atoms with E-state index in [4.69, 9.17) is 10.2 Å². The minimum absolute atomic E-state index is 0.0226. The number of alkyl halides is 3. The summed E-state index contributed by atoms with van der Waals surface area (Å²) in [6.07, 6.45) is -3.52. The zero-order chi connectivity index (χ0) is 30.4. The molecule has 1 aliphatic rings. The number of aromatic nitrogens is 3. The molecule has 1 amide bonds. The molecular weight excluding hydrogens is 573 g/mol. The fourth-order valence-electron chi connectivity index (χ4n) is 4.39. The molecule has 1 aliphatic heterocycles. The van der Waals surface area contributed by atoms with E-state index in [1.807, 2.05) is 0 Å². The first-order chi connectivity index (χ1) is 19.7. The Hall–Kier alpha value is -4.61. The Balaban J connectivity index is 1.52. The minimum atomic E-state index is -4.59. The van der Waals surface area contributed by atoms with Crippen molar-refractivity contribution in [1.82, 2.24) is 15.2 Å². The van der Waals surface area contributed by atoms with E-state index in [1.54, 1.807) is 38.1 Å². The Morgan fingerprint density at radius 3 is 2.40 bits per heavy atom. The maximum absolute atomic E-state index is 13.4. The third-order valence-electron chi connectivity index (χ3n) is 6.73. The number of sulfone groups is 1. The predicted octanol–water partition coefficient (Wildman–Crippen LogP) is 4.27. The van der Waals surface area contributed by atoms with Crippen LogP contribution in [0.5, 0.6) is 0 Å². The van der Waals surface area contributed by atoms with Crippen molar-refractivity contribution in [2.75, 3.05) is 10.7 Å². The first kappa shape index (κ1) is 28.9. The molecular formula is C28H23F3N6O4S. The van der Waals surface area contributed by atoms with Crippen LogP contribution in [0.1, 0.15) is 31.0 Å². The highest BCUT2D eigenvalue weighted by atomic mass is 32.2. The molecule has 0 aliphatic carbocycles. The van der Waals surface area contributed by atoms with Gasteiger partial charge in [-0.15, -0.1) is 10.2 Å². The molecule has 14 heteroatoms. The lowest BCUT2D eigenvalue weighted by molar-refractivity contribution is -0.141. The molecule has 0 spiro atoms. The molecule has 216 valence electrons. The quantitative estimate of drug-likeness (QED) is 0.355. The molecule has 0 saturated heterocycles. The molecule has 0 radical (unpaired) electrons. The van der Waals surface area contributed by atoms with Gasteiger partial charge in [0.2, 0.25) is 17.7 Å². The van der Waals surface area contributed by atoms with E-state index in [-0.39, 0.29) is 28.9 Å². The number of pyridine rings is 1. The van der Waals surface area contributed by atoms with Crippen molar-refractivity contribution in [3.8, 4) is 28.7 Å². The molecule has 5 rings (SSSR count). The topological polar surface area (TPSA) is 156 Å². The Kier molecular flexibility index (Phi) is 7.12. The number of amides is 1. The van der Waals surface area contributed by atoms with E-state index in [9.17, 15) is 31.6 Å². The lowest BCUT2D eigenvalue weighted by Crippen LogP contribution is -2.45. The van der Waals surface area contributed by atoms with Crippen LogP contribution >= 0.6 is 0 Å². The molecule has 2 N–H and O–H groups in total. The summed E-state index contributed by atoms with van der Waals surface area (Å²) >= 11 is 0. The average molecular weight is 597 g/mol. The number of nitriles is 1. The monoisotopic (exact) mass is 596 g/mol. The van der Waals surface area contributed by atoms with Gasteiger partial charge in [-0.3, -0.25) is 9.78 Å². The van der Waals surface area contributed by atoms with E-state index >= 15 is 0 Å². The van der Waals surface area contributed by atoms with Crippen LogP contribution < -0.4 is 10.6 Å². The predicted molar refractivity (Wildman–Crippen MR) is 144 cm³/mol. The highest BCUT2D eigenvalue weighted by Crippen LogP contribution is 2.36. The van der Waals surface area contributed by atoms with Gasteiger partial charge in [0.25, 0.3) is 0 Å². The van der Waals surface area contributed by atoms with Crippen molar-refractivity contribution in [3.05, 3.63) is 77.9 Å². The largest absolute Gasteiger partial charge is 0.433 e. The Labute approximate surface area is 238 Å². The lowest BCUT2D eigenvalue weighted by atomic mass is 9.96. The van der Waals surface area contributed by atoms with E-state index in [1.165, 1.54) is 29.2 Å². The molecule has 3 heterocycles. The maximum atomic E-state index is 13.4. The number of hydrogen-bond acceptors (Lipinski definition) is 9. The van der Waals surface area contributed by atoms with Crippen molar-refractivity contribution in [2.24, 2.45) is 5.73 Å². The summed E-state index contributed by atoms with van der Waals surface area (Å²) in [5, 5.41) is 17.3. The van der Waals surface area contributed by atoms with Crippen LogP contribution in [0.2, 0.25) is 0 Å². The molecule has 2 aromatic heterocycles. The van der Waals surface area contributed by atoms with Gasteiger partial charge >= 0.3 is 6.18 Å². The van der Waals surface area contributed by atoms with Crippen LogP contribution in [0.25, 0.3) is 22.6 Å². The molecule has 10 nitrogen and oxygen atoms in total. The molecule has 2 aromatic carbocycles. The number of carbonyl (C=O) groups is 1. The summed E-state index contributed by atoms with van der Waals surface area (Å²) < 4.78 is 71.3. The zero-order valence-electron chi connectivity index (χ0n) is 22.3. The van der Waals surface area contributed by atoms with Gasteiger partial charge < -0.3 is 15.1 Å². The fraction of sp³-hybridized carbons (Fsp3) is 0.250. The van der Waals surface area contributed by atoms with Gasteiger partial charge in [-0.2, -0.15) is 18.4 Å².